The standard InChI is InChI=1S/C14H12F3NO2/c15-14(16,17)20-12-6-4-10(5-7-12)13(19)9-11-3-1-2-8-18-11/h1-8,13,19H,9H2. The number of benzene rings is 1. The number of aromatic nitrogens is 1. The van der Waals surface area contributed by atoms with Crippen LogP contribution in [-0.4, -0.2) is 16.5 Å². The van der Waals surface area contributed by atoms with E-state index in [2.05, 4.69) is 9.72 Å². The Morgan fingerprint density at radius 2 is 1.80 bits per heavy atom. The minimum Gasteiger partial charge on any atom is -0.406 e. The van der Waals surface area contributed by atoms with Crippen LogP contribution in [0.25, 0.3) is 0 Å². The summed E-state index contributed by atoms with van der Waals surface area (Å²) in [6.07, 6.45) is -3.64. The van der Waals surface area contributed by atoms with Gasteiger partial charge >= 0.3 is 6.36 Å². The lowest BCUT2D eigenvalue weighted by Gasteiger charge is -2.12. The van der Waals surface area contributed by atoms with Crippen molar-refractivity contribution in [1.82, 2.24) is 4.98 Å². The second kappa shape index (κ2) is 5.92. The molecule has 6 heteroatoms. The van der Waals surface area contributed by atoms with Gasteiger partial charge in [0.05, 0.1) is 6.10 Å². The first kappa shape index (κ1) is 14.3. The Bertz CT molecular complexity index is 541. The predicted molar refractivity (Wildman–Crippen MR) is 66.0 cm³/mol. The molecule has 0 saturated carbocycles. The maximum Gasteiger partial charge on any atom is 0.573 e. The topological polar surface area (TPSA) is 42.4 Å². The Morgan fingerprint density at radius 3 is 2.35 bits per heavy atom. The highest BCUT2D eigenvalue weighted by Gasteiger charge is 2.31. The molecular weight excluding hydrogens is 271 g/mol. The SMILES string of the molecule is OC(Cc1ccccn1)c1ccc(OC(F)(F)F)cc1. The highest BCUT2D eigenvalue weighted by molar-refractivity contribution is 5.29. The molecular formula is C14H12F3NO2. The van der Waals surface area contributed by atoms with Gasteiger partial charge in [-0.25, -0.2) is 0 Å². The van der Waals surface area contributed by atoms with Crippen LogP contribution in [-0.2, 0) is 6.42 Å². The molecule has 2 aromatic rings. The molecule has 0 radical (unpaired) electrons. The predicted octanol–water partition coefficient (Wildman–Crippen LogP) is 3.26. The van der Waals surface area contributed by atoms with Crippen molar-refractivity contribution in [3.8, 4) is 5.75 Å². The molecule has 1 atom stereocenters. The van der Waals surface area contributed by atoms with Crippen molar-refractivity contribution in [3.63, 3.8) is 0 Å². The van der Waals surface area contributed by atoms with Gasteiger partial charge in [-0.15, -0.1) is 13.2 Å². The lowest BCUT2D eigenvalue weighted by atomic mass is 10.0. The highest BCUT2D eigenvalue weighted by Crippen LogP contribution is 2.25. The van der Waals surface area contributed by atoms with Gasteiger partial charge < -0.3 is 9.84 Å². The fourth-order valence-electron chi connectivity index (χ4n) is 1.73. The van der Waals surface area contributed by atoms with Gasteiger partial charge in [-0.2, -0.15) is 0 Å². The molecule has 2 rings (SSSR count). The van der Waals surface area contributed by atoms with Crippen molar-refractivity contribution in [3.05, 3.63) is 59.9 Å². The van der Waals surface area contributed by atoms with Crippen LogP contribution in [0.5, 0.6) is 5.75 Å². The molecule has 1 unspecified atom stereocenters. The molecule has 0 fully saturated rings. The molecule has 1 aromatic heterocycles. The van der Waals surface area contributed by atoms with Crippen LogP contribution in [0.4, 0.5) is 13.2 Å². The summed E-state index contributed by atoms with van der Waals surface area (Å²) in [4.78, 5) is 4.08. The van der Waals surface area contributed by atoms with Crippen LogP contribution in [0.15, 0.2) is 48.7 Å². The molecule has 0 aliphatic heterocycles. The van der Waals surface area contributed by atoms with E-state index in [-0.39, 0.29) is 5.75 Å². The van der Waals surface area contributed by atoms with Gasteiger partial charge in [0, 0.05) is 18.3 Å². The zero-order valence-corrected chi connectivity index (χ0v) is 10.3. The molecule has 1 N–H and O–H groups in total. The summed E-state index contributed by atoms with van der Waals surface area (Å²) in [6.45, 7) is 0. The number of aliphatic hydroxyl groups excluding tert-OH is 1. The second-order valence-corrected chi connectivity index (χ2v) is 4.16. The molecule has 0 aliphatic carbocycles. The molecule has 106 valence electrons. The summed E-state index contributed by atoms with van der Waals surface area (Å²) in [7, 11) is 0. The van der Waals surface area contributed by atoms with E-state index in [1.54, 1.807) is 24.4 Å². The number of ether oxygens (including phenoxy) is 1. The van der Waals surface area contributed by atoms with E-state index < -0.39 is 12.5 Å². The van der Waals surface area contributed by atoms with E-state index in [1.165, 1.54) is 24.3 Å². The maximum atomic E-state index is 12.0. The third kappa shape index (κ3) is 4.24. The molecule has 0 aliphatic rings. The largest absolute Gasteiger partial charge is 0.573 e. The number of aliphatic hydroxyl groups is 1. The zero-order chi connectivity index (χ0) is 14.6. The molecule has 20 heavy (non-hydrogen) atoms. The normalized spacial score (nSPS) is 13.0. The first-order chi connectivity index (χ1) is 9.44. The molecule has 0 bridgehead atoms. The molecule has 0 amide bonds. The van der Waals surface area contributed by atoms with Crippen molar-refractivity contribution in [2.45, 2.75) is 18.9 Å². The maximum absolute atomic E-state index is 12.0. The zero-order valence-electron chi connectivity index (χ0n) is 10.3. The molecule has 1 aromatic carbocycles. The monoisotopic (exact) mass is 283 g/mol. The Hall–Kier alpha value is -2.08. The van der Waals surface area contributed by atoms with Crippen LogP contribution >= 0.6 is 0 Å². The average Bonchev–Trinajstić information content (AvgIpc) is 2.39. The quantitative estimate of drug-likeness (QED) is 0.936. The first-order valence-corrected chi connectivity index (χ1v) is 5.88. The smallest absolute Gasteiger partial charge is 0.406 e. The number of hydrogen-bond donors (Lipinski definition) is 1. The van der Waals surface area contributed by atoms with Gasteiger partial charge in [0.2, 0.25) is 0 Å². The van der Waals surface area contributed by atoms with E-state index in [0.29, 0.717) is 17.7 Å². The molecule has 3 nitrogen and oxygen atoms in total. The third-order valence-corrected chi connectivity index (χ3v) is 2.63. The number of nitrogens with zero attached hydrogens (tertiary/aromatic N) is 1. The van der Waals surface area contributed by atoms with E-state index in [9.17, 15) is 18.3 Å². The van der Waals surface area contributed by atoms with Crippen LogP contribution in [0.1, 0.15) is 17.4 Å². The number of pyridine rings is 1. The average molecular weight is 283 g/mol. The van der Waals surface area contributed by atoms with Gasteiger partial charge in [0.1, 0.15) is 5.75 Å². The summed E-state index contributed by atoms with van der Waals surface area (Å²) in [5.41, 5.74) is 1.21. The van der Waals surface area contributed by atoms with Crippen molar-refractivity contribution < 1.29 is 23.0 Å². The Labute approximate surface area is 113 Å². The fraction of sp³-hybridized carbons (Fsp3) is 0.214. The molecule has 0 saturated heterocycles. The first-order valence-electron chi connectivity index (χ1n) is 5.88. The van der Waals surface area contributed by atoms with E-state index in [4.69, 9.17) is 0 Å². The van der Waals surface area contributed by atoms with E-state index in [1.807, 2.05) is 0 Å². The van der Waals surface area contributed by atoms with Crippen molar-refractivity contribution in [2.24, 2.45) is 0 Å². The van der Waals surface area contributed by atoms with Crippen LogP contribution in [0.2, 0.25) is 0 Å². The van der Waals surface area contributed by atoms with Gasteiger partial charge in [-0.3, -0.25) is 4.98 Å². The van der Waals surface area contributed by atoms with Crippen molar-refractivity contribution in [1.29, 1.82) is 0 Å². The van der Waals surface area contributed by atoms with Gasteiger partial charge in [-0.1, -0.05) is 18.2 Å². The minimum atomic E-state index is -4.71. The fourth-order valence-corrected chi connectivity index (χ4v) is 1.73. The van der Waals surface area contributed by atoms with Crippen LogP contribution in [0, 0.1) is 0 Å². The Kier molecular flexibility index (Phi) is 4.24. The number of rotatable bonds is 4. The Balaban J connectivity index is 2.02. The Morgan fingerprint density at radius 1 is 1.10 bits per heavy atom. The summed E-state index contributed by atoms with van der Waals surface area (Å²) in [5, 5.41) is 9.99. The molecule has 1 heterocycles. The number of hydrogen-bond acceptors (Lipinski definition) is 3. The van der Waals surface area contributed by atoms with Crippen LogP contribution in [0.3, 0.4) is 0 Å². The van der Waals surface area contributed by atoms with Crippen molar-refractivity contribution >= 4 is 0 Å². The summed E-state index contributed by atoms with van der Waals surface area (Å²) in [6, 6.07) is 10.5. The summed E-state index contributed by atoms with van der Waals surface area (Å²) in [5.74, 6) is -0.314. The van der Waals surface area contributed by atoms with E-state index in [0.717, 1.165) is 0 Å². The molecule has 0 spiro atoms. The minimum absolute atomic E-state index is 0.292. The number of halogens is 3. The lowest BCUT2D eigenvalue weighted by molar-refractivity contribution is -0.274. The summed E-state index contributed by atoms with van der Waals surface area (Å²) < 4.78 is 39.8. The third-order valence-electron chi connectivity index (χ3n) is 2.63. The lowest BCUT2D eigenvalue weighted by Crippen LogP contribution is -2.17. The van der Waals surface area contributed by atoms with Gasteiger partial charge in [0.15, 0.2) is 0 Å². The van der Waals surface area contributed by atoms with Gasteiger partial charge in [0.25, 0.3) is 0 Å². The van der Waals surface area contributed by atoms with Crippen molar-refractivity contribution in [2.75, 3.05) is 0 Å². The van der Waals surface area contributed by atoms with Gasteiger partial charge in [-0.05, 0) is 29.8 Å². The second-order valence-electron chi connectivity index (χ2n) is 4.16. The highest BCUT2D eigenvalue weighted by atomic mass is 19.4. The van der Waals surface area contributed by atoms with E-state index >= 15 is 0 Å². The summed E-state index contributed by atoms with van der Waals surface area (Å²) >= 11 is 0. The number of alkyl halides is 3. The van der Waals surface area contributed by atoms with Crippen LogP contribution < -0.4 is 4.74 Å².